The lowest BCUT2D eigenvalue weighted by atomic mass is 10.0. The Kier molecular flexibility index (Phi) is 5.39. The predicted octanol–water partition coefficient (Wildman–Crippen LogP) is -0.450. The smallest absolute Gasteiger partial charge is 0.274 e. The molecule has 1 aromatic heterocycles. The minimum Gasteiger partial charge on any atom is -0.391 e. The molecule has 2 aliphatic heterocycles. The van der Waals surface area contributed by atoms with E-state index in [1.54, 1.807) is 28.9 Å². The van der Waals surface area contributed by atoms with Gasteiger partial charge in [0.2, 0.25) is 5.91 Å². The van der Waals surface area contributed by atoms with E-state index in [2.05, 4.69) is 9.88 Å². The van der Waals surface area contributed by atoms with Gasteiger partial charge in [0.1, 0.15) is 5.69 Å². The monoisotopic (exact) mass is 349 g/mol. The molecule has 2 aliphatic rings. The summed E-state index contributed by atoms with van der Waals surface area (Å²) in [5.41, 5.74) is 0.450. The Balaban J connectivity index is 1.60. The summed E-state index contributed by atoms with van der Waals surface area (Å²) in [4.78, 5) is 34.1. The Morgan fingerprint density at radius 1 is 1.08 bits per heavy atom. The van der Waals surface area contributed by atoms with E-state index in [-0.39, 0.29) is 17.9 Å². The van der Waals surface area contributed by atoms with Crippen molar-refractivity contribution in [3.8, 4) is 0 Å². The molecule has 2 saturated heterocycles. The maximum absolute atomic E-state index is 12.6. The number of aromatic nitrogens is 2. The lowest BCUT2D eigenvalue weighted by molar-refractivity contribution is -0.131. The molecule has 8 heteroatoms. The van der Waals surface area contributed by atoms with Crippen LogP contribution in [0.5, 0.6) is 0 Å². The highest BCUT2D eigenvalue weighted by Crippen LogP contribution is 2.20. The number of rotatable bonds is 2. The first-order valence-corrected chi connectivity index (χ1v) is 8.90. The Morgan fingerprint density at radius 3 is 2.36 bits per heavy atom. The number of carbonyl (C=O) groups is 2. The van der Waals surface area contributed by atoms with Gasteiger partial charge in [-0.3, -0.25) is 14.5 Å². The fourth-order valence-electron chi connectivity index (χ4n) is 3.76. The number of hydrogen-bond acceptors (Lipinski definition) is 5. The van der Waals surface area contributed by atoms with Gasteiger partial charge in [0, 0.05) is 65.5 Å². The minimum absolute atomic E-state index is 0.0376. The summed E-state index contributed by atoms with van der Waals surface area (Å²) in [6, 6.07) is 0.0376. The Bertz CT molecular complexity index is 624. The van der Waals surface area contributed by atoms with E-state index in [1.165, 1.54) is 0 Å². The third-order valence-corrected chi connectivity index (χ3v) is 5.27. The number of carbonyl (C=O) groups excluding carboxylic acids is 2. The first kappa shape index (κ1) is 17.9. The van der Waals surface area contributed by atoms with Crippen molar-refractivity contribution in [2.24, 2.45) is 7.05 Å². The van der Waals surface area contributed by atoms with Crippen LogP contribution in [0.1, 0.15) is 30.3 Å². The minimum atomic E-state index is -0.453. The molecular weight excluding hydrogens is 322 g/mol. The third-order valence-electron chi connectivity index (χ3n) is 5.27. The molecule has 0 unspecified atom stereocenters. The van der Waals surface area contributed by atoms with Crippen molar-refractivity contribution >= 4 is 11.8 Å². The van der Waals surface area contributed by atoms with Crippen LogP contribution in [0.4, 0.5) is 0 Å². The molecule has 0 bridgehead atoms. The summed E-state index contributed by atoms with van der Waals surface area (Å²) in [5.74, 6) is 0.0306. The lowest BCUT2D eigenvalue weighted by Gasteiger charge is -2.40. The summed E-state index contributed by atoms with van der Waals surface area (Å²) in [6.07, 6.45) is 4.19. The van der Waals surface area contributed by atoms with Crippen LogP contribution in [-0.4, -0.2) is 92.6 Å². The molecule has 1 N–H and O–H groups in total. The Labute approximate surface area is 148 Å². The number of piperazine rings is 1. The largest absolute Gasteiger partial charge is 0.391 e. The maximum Gasteiger partial charge on any atom is 0.274 e. The number of amides is 2. The second-order valence-corrected chi connectivity index (χ2v) is 6.97. The van der Waals surface area contributed by atoms with E-state index in [9.17, 15) is 14.7 Å². The van der Waals surface area contributed by atoms with E-state index < -0.39 is 6.10 Å². The van der Waals surface area contributed by atoms with Crippen LogP contribution in [0.3, 0.4) is 0 Å². The first-order chi connectivity index (χ1) is 12.0. The summed E-state index contributed by atoms with van der Waals surface area (Å²) in [6.45, 7) is 5.71. The van der Waals surface area contributed by atoms with Gasteiger partial charge in [-0.2, -0.15) is 0 Å². The molecular formula is C17H27N5O3. The van der Waals surface area contributed by atoms with Crippen LogP contribution in [0, 0.1) is 0 Å². The quantitative estimate of drug-likeness (QED) is 0.782. The average molecular weight is 349 g/mol. The second-order valence-electron chi connectivity index (χ2n) is 6.97. The zero-order chi connectivity index (χ0) is 18.0. The number of aliphatic hydroxyl groups is 1. The van der Waals surface area contributed by atoms with Crippen LogP contribution in [0.25, 0.3) is 0 Å². The van der Waals surface area contributed by atoms with Crippen molar-refractivity contribution < 1.29 is 14.7 Å². The van der Waals surface area contributed by atoms with Crippen molar-refractivity contribution in [1.82, 2.24) is 24.3 Å². The normalized spacial score (nSPS) is 25.7. The van der Waals surface area contributed by atoms with E-state index in [1.807, 2.05) is 11.9 Å². The number of aliphatic hydroxyl groups excluding tert-OH is 1. The molecule has 0 aromatic carbocycles. The fraction of sp³-hybridized carbons (Fsp3) is 0.706. The van der Waals surface area contributed by atoms with Crippen molar-refractivity contribution in [2.75, 3.05) is 39.3 Å². The maximum atomic E-state index is 12.6. The highest BCUT2D eigenvalue weighted by molar-refractivity contribution is 5.92. The number of hydrogen-bond donors (Lipinski definition) is 1. The molecule has 3 heterocycles. The standard InChI is InChI=1S/C17H27N5O3/c1-13(23)20-7-9-21(10-8-20)15-3-5-22(6-4-16(15)24)17(25)14-11-19(2)12-18-14/h11-12,15-16,24H,3-10H2,1-2H3/t15-,16-/m0/s1. The zero-order valence-corrected chi connectivity index (χ0v) is 15.0. The number of aryl methyl sites for hydroxylation is 1. The summed E-state index contributed by atoms with van der Waals surface area (Å²) < 4.78 is 1.76. The van der Waals surface area contributed by atoms with E-state index in [0.717, 1.165) is 19.5 Å². The first-order valence-electron chi connectivity index (χ1n) is 8.90. The second kappa shape index (κ2) is 7.53. The molecule has 2 fully saturated rings. The Morgan fingerprint density at radius 2 is 1.76 bits per heavy atom. The molecule has 2 atom stereocenters. The number of imidazole rings is 1. The van der Waals surface area contributed by atoms with Gasteiger partial charge in [-0.25, -0.2) is 4.98 Å². The van der Waals surface area contributed by atoms with Crippen LogP contribution >= 0.6 is 0 Å². The van der Waals surface area contributed by atoms with Crippen LogP contribution in [0.15, 0.2) is 12.5 Å². The molecule has 1 aromatic rings. The van der Waals surface area contributed by atoms with E-state index in [0.29, 0.717) is 38.3 Å². The van der Waals surface area contributed by atoms with Gasteiger partial charge in [-0.15, -0.1) is 0 Å². The zero-order valence-electron chi connectivity index (χ0n) is 15.0. The highest BCUT2D eigenvalue weighted by atomic mass is 16.3. The molecule has 8 nitrogen and oxygen atoms in total. The van der Waals surface area contributed by atoms with Gasteiger partial charge >= 0.3 is 0 Å². The third kappa shape index (κ3) is 4.01. The molecule has 2 amide bonds. The van der Waals surface area contributed by atoms with Gasteiger partial charge in [0.05, 0.1) is 12.4 Å². The Hall–Kier alpha value is -1.93. The van der Waals surface area contributed by atoms with Crippen molar-refractivity contribution in [2.45, 2.75) is 31.9 Å². The van der Waals surface area contributed by atoms with Crippen molar-refractivity contribution in [3.05, 3.63) is 18.2 Å². The molecule has 0 aliphatic carbocycles. The summed E-state index contributed by atoms with van der Waals surface area (Å²) in [7, 11) is 1.84. The van der Waals surface area contributed by atoms with Gasteiger partial charge < -0.3 is 19.5 Å². The average Bonchev–Trinajstić information content (AvgIpc) is 2.94. The van der Waals surface area contributed by atoms with Crippen LogP contribution in [-0.2, 0) is 11.8 Å². The molecule has 138 valence electrons. The van der Waals surface area contributed by atoms with Crippen molar-refractivity contribution in [3.63, 3.8) is 0 Å². The summed E-state index contributed by atoms with van der Waals surface area (Å²) in [5, 5.41) is 10.6. The SMILES string of the molecule is CC(=O)N1CCN([C@H]2CCN(C(=O)c3cn(C)cn3)CC[C@@H]2O)CC1. The van der Waals surface area contributed by atoms with E-state index >= 15 is 0 Å². The van der Waals surface area contributed by atoms with Crippen LogP contribution in [0.2, 0.25) is 0 Å². The number of nitrogens with zero attached hydrogens (tertiary/aromatic N) is 5. The van der Waals surface area contributed by atoms with Gasteiger partial charge in [-0.1, -0.05) is 0 Å². The van der Waals surface area contributed by atoms with Gasteiger partial charge in [0.25, 0.3) is 5.91 Å². The molecule has 0 saturated carbocycles. The highest BCUT2D eigenvalue weighted by Gasteiger charge is 2.33. The van der Waals surface area contributed by atoms with Crippen molar-refractivity contribution in [1.29, 1.82) is 0 Å². The lowest BCUT2D eigenvalue weighted by Crippen LogP contribution is -2.54. The topological polar surface area (TPSA) is 81.9 Å². The van der Waals surface area contributed by atoms with E-state index in [4.69, 9.17) is 0 Å². The fourth-order valence-corrected chi connectivity index (χ4v) is 3.76. The molecule has 0 spiro atoms. The summed E-state index contributed by atoms with van der Waals surface area (Å²) >= 11 is 0. The molecule has 25 heavy (non-hydrogen) atoms. The number of likely N-dealkylation sites (tertiary alicyclic amines) is 1. The molecule has 3 rings (SSSR count). The predicted molar refractivity (Wildman–Crippen MR) is 92.0 cm³/mol. The molecule has 0 radical (unpaired) electrons. The van der Waals surface area contributed by atoms with Gasteiger partial charge in [0.15, 0.2) is 0 Å². The van der Waals surface area contributed by atoms with Crippen LogP contribution < -0.4 is 0 Å². The van der Waals surface area contributed by atoms with Gasteiger partial charge in [-0.05, 0) is 12.8 Å².